The fourth-order valence-electron chi connectivity index (χ4n) is 1.11. The zero-order chi connectivity index (χ0) is 21.1. The van der Waals surface area contributed by atoms with Crippen molar-refractivity contribution in [1.82, 2.24) is 0 Å². The lowest BCUT2D eigenvalue weighted by Crippen LogP contribution is -2.21. The van der Waals surface area contributed by atoms with Gasteiger partial charge in [-0.15, -0.1) is 11.8 Å². The molecule has 1 N–H and O–H groups in total. The van der Waals surface area contributed by atoms with Crippen molar-refractivity contribution in [2.75, 3.05) is 24.9 Å². The second kappa shape index (κ2) is 17.9. The van der Waals surface area contributed by atoms with Gasteiger partial charge >= 0.3 is 12.1 Å². The van der Waals surface area contributed by atoms with Crippen LogP contribution in [0.5, 0.6) is 5.75 Å². The monoisotopic (exact) mass is 440 g/mol. The number of halogens is 3. The number of thioether (sulfide) groups is 1. The summed E-state index contributed by atoms with van der Waals surface area (Å²) in [5.41, 5.74) is 0. The molecule has 0 saturated heterocycles. The highest BCUT2D eigenvalue weighted by atomic mass is 32.2. The van der Waals surface area contributed by atoms with Gasteiger partial charge in [0.1, 0.15) is 5.75 Å². The average molecular weight is 441 g/mol. The fraction of sp³-hybridized carbons (Fsp3) is 0.278. The molecule has 9 heteroatoms. The molecule has 27 heavy (non-hydrogen) atoms. The van der Waals surface area contributed by atoms with Crippen LogP contribution in [-0.2, 0) is 4.79 Å². The Hall–Kier alpha value is -1.45. The molecule has 0 unspecified atom stereocenters. The summed E-state index contributed by atoms with van der Waals surface area (Å²) in [6, 6.07) is 20.0. The predicted molar refractivity (Wildman–Crippen MR) is 113 cm³/mol. The van der Waals surface area contributed by atoms with Gasteiger partial charge in [0.15, 0.2) is 0 Å². The first-order valence-electron chi connectivity index (χ1n) is 7.42. The number of rotatable bonds is 3. The van der Waals surface area contributed by atoms with Crippen molar-refractivity contribution in [3.63, 3.8) is 0 Å². The molecule has 2 aromatic carbocycles. The number of ether oxygens (including phenoxy) is 1. The summed E-state index contributed by atoms with van der Waals surface area (Å²) >= 11 is 9.46. The molecule has 0 heterocycles. The van der Waals surface area contributed by atoms with E-state index in [0.717, 1.165) is 17.3 Å². The van der Waals surface area contributed by atoms with E-state index in [4.69, 9.17) is 14.6 Å². The van der Waals surface area contributed by atoms with Gasteiger partial charge < -0.3 is 9.84 Å². The molecule has 2 rings (SSSR count). The van der Waals surface area contributed by atoms with Gasteiger partial charge in [-0.05, 0) is 42.0 Å². The van der Waals surface area contributed by atoms with E-state index in [0.29, 0.717) is 0 Å². The highest BCUT2D eigenvalue weighted by Gasteiger charge is 2.38. The van der Waals surface area contributed by atoms with Gasteiger partial charge in [-0.3, -0.25) is 0 Å². The molecule has 0 aliphatic carbocycles. The van der Waals surface area contributed by atoms with Gasteiger partial charge in [0.25, 0.3) is 0 Å². The van der Waals surface area contributed by atoms with E-state index in [1.54, 1.807) is 18.9 Å². The molecular weight excluding hydrogens is 417 g/mol. The largest absolute Gasteiger partial charge is 0.497 e. The smallest absolute Gasteiger partial charge is 0.490 e. The van der Waals surface area contributed by atoms with E-state index in [2.05, 4.69) is 43.6 Å². The summed E-state index contributed by atoms with van der Waals surface area (Å²) in [5, 5.41) is 7.12. The first-order chi connectivity index (χ1) is 12.7. The lowest BCUT2D eigenvalue weighted by Gasteiger charge is -1.93. The fourth-order valence-corrected chi connectivity index (χ4v) is 1.54. The number of thiol groups is 2. The number of hydrogen-bond acceptors (Lipinski definition) is 5. The molecule has 0 aliphatic rings. The molecule has 0 spiro atoms. The molecule has 0 saturated carbocycles. The Bertz CT molecular complexity index is 541. The van der Waals surface area contributed by atoms with Gasteiger partial charge in [-0.1, -0.05) is 36.4 Å². The summed E-state index contributed by atoms with van der Waals surface area (Å²) in [6.45, 7) is 0. The molecular formula is C18H23F3O3S3. The molecule has 0 amide bonds. The first-order valence-corrected chi connectivity index (χ1v) is 9.91. The number of carbonyl (C=O) groups is 1. The van der Waals surface area contributed by atoms with Gasteiger partial charge in [0, 0.05) is 4.90 Å². The summed E-state index contributed by atoms with van der Waals surface area (Å²) in [4.78, 5) is 10.2. The second-order valence-corrected chi connectivity index (χ2v) is 6.06. The van der Waals surface area contributed by atoms with Crippen LogP contribution in [0.3, 0.4) is 0 Å². The number of carboxylic acid groups (broad SMARTS) is 1. The van der Waals surface area contributed by atoms with Crippen LogP contribution in [0.1, 0.15) is 0 Å². The normalized spacial score (nSPS) is 9.30. The molecule has 0 radical (unpaired) electrons. The number of benzene rings is 2. The second-order valence-electron chi connectivity index (χ2n) is 4.28. The number of aliphatic carboxylic acids is 1. The van der Waals surface area contributed by atoms with Crippen molar-refractivity contribution < 1.29 is 27.8 Å². The van der Waals surface area contributed by atoms with Crippen molar-refractivity contribution in [1.29, 1.82) is 0 Å². The molecule has 0 atom stereocenters. The van der Waals surface area contributed by atoms with Crippen molar-refractivity contribution >= 4 is 43.0 Å². The molecule has 0 aliphatic heterocycles. The zero-order valence-electron chi connectivity index (χ0n) is 14.9. The zero-order valence-corrected chi connectivity index (χ0v) is 17.5. The van der Waals surface area contributed by atoms with Crippen molar-refractivity contribution in [3.8, 4) is 5.75 Å². The van der Waals surface area contributed by atoms with Crippen LogP contribution in [0, 0.1) is 0 Å². The van der Waals surface area contributed by atoms with Crippen molar-refractivity contribution in [2.45, 2.75) is 11.1 Å². The quantitative estimate of drug-likeness (QED) is 0.431. The van der Waals surface area contributed by atoms with E-state index >= 15 is 0 Å². The highest BCUT2D eigenvalue weighted by molar-refractivity contribution is 7.98. The van der Waals surface area contributed by atoms with Crippen LogP contribution < -0.4 is 4.74 Å². The minimum absolute atomic E-state index is 0.878. The molecule has 0 aromatic heterocycles. The summed E-state index contributed by atoms with van der Waals surface area (Å²) in [6.07, 6.45) is -3.00. The number of hydrogen-bond donors (Lipinski definition) is 3. The Morgan fingerprint density at radius 2 is 1.37 bits per heavy atom. The van der Waals surface area contributed by atoms with Crippen LogP contribution >= 0.6 is 37.0 Å². The van der Waals surface area contributed by atoms with E-state index in [9.17, 15) is 13.2 Å². The average Bonchev–Trinajstić information content (AvgIpc) is 2.69. The molecule has 2 aromatic rings. The van der Waals surface area contributed by atoms with Gasteiger partial charge in [0.05, 0.1) is 7.11 Å². The van der Waals surface area contributed by atoms with E-state index < -0.39 is 12.1 Å². The van der Waals surface area contributed by atoms with Crippen molar-refractivity contribution in [3.05, 3.63) is 60.7 Å². The Morgan fingerprint density at radius 3 is 1.56 bits per heavy atom. The lowest BCUT2D eigenvalue weighted by molar-refractivity contribution is -0.192. The number of para-hydroxylation sites is 1. The lowest BCUT2D eigenvalue weighted by atomic mass is 10.3. The predicted octanol–water partition coefficient (Wildman–Crippen LogP) is 5.58. The van der Waals surface area contributed by atoms with Crippen LogP contribution in [0.15, 0.2) is 65.6 Å². The standard InChI is InChI=1S/C7H8O.C7H8S.C2HF3O2.C2H6S2/c2*1-8-7-5-3-2-4-6-7;3-2(4,5)1(6)7;3-1-2-4/h2*2-6H,1H3;(H,6,7);3-4H,1-2H2. The summed E-state index contributed by atoms with van der Waals surface area (Å²) in [7, 11) is 1.66. The maximum absolute atomic E-state index is 10.6. The first kappa shape index (κ1) is 27.8. The maximum atomic E-state index is 10.6. The molecule has 0 fully saturated rings. The summed E-state index contributed by atoms with van der Waals surface area (Å²) in [5.74, 6) is -0.0910. The van der Waals surface area contributed by atoms with E-state index in [1.165, 1.54) is 4.90 Å². The topological polar surface area (TPSA) is 46.5 Å². The maximum Gasteiger partial charge on any atom is 0.490 e. The van der Waals surface area contributed by atoms with Crippen LogP contribution in [0.25, 0.3) is 0 Å². The number of alkyl halides is 3. The molecule has 0 bridgehead atoms. The third-order valence-corrected chi connectivity index (χ3v) is 3.84. The minimum atomic E-state index is -5.08. The Morgan fingerprint density at radius 1 is 1.00 bits per heavy atom. The van der Waals surface area contributed by atoms with Gasteiger partial charge in [0.2, 0.25) is 0 Å². The number of methoxy groups -OCH3 is 1. The van der Waals surface area contributed by atoms with Crippen LogP contribution in [0.4, 0.5) is 13.2 Å². The van der Waals surface area contributed by atoms with E-state index in [1.807, 2.05) is 48.5 Å². The van der Waals surface area contributed by atoms with Gasteiger partial charge in [-0.2, -0.15) is 38.4 Å². The van der Waals surface area contributed by atoms with Crippen LogP contribution in [0.2, 0.25) is 0 Å². The minimum Gasteiger partial charge on any atom is -0.497 e. The highest BCUT2D eigenvalue weighted by Crippen LogP contribution is 2.13. The third kappa shape index (κ3) is 19.1. The third-order valence-electron chi connectivity index (χ3n) is 2.30. The Labute approximate surface area is 173 Å². The number of carboxylic acids is 1. The SMILES string of the molecule is COc1ccccc1.CSc1ccccc1.O=C(O)C(F)(F)F.SCCS. The Balaban J connectivity index is 0. The molecule has 152 valence electrons. The Kier molecular flexibility index (Phi) is 18.4. The van der Waals surface area contributed by atoms with Crippen LogP contribution in [-0.4, -0.2) is 42.1 Å². The molecule has 3 nitrogen and oxygen atoms in total. The van der Waals surface area contributed by atoms with Crippen molar-refractivity contribution in [2.24, 2.45) is 0 Å². The summed E-state index contributed by atoms with van der Waals surface area (Å²) < 4.78 is 36.7. The van der Waals surface area contributed by atoms with Gasteiger partial charge in [-0.25, -0.2) is 4.79 Å². The van der Waals surface area contributed by atoms with E-state index in [-0.39, 0.29) is 0 Å².